The normalized spacial score (nSPS) is 31.5. The van der Waals surface area contributed by atoms with Crippen molar-refractivity contribution >= 4 is 23.5 Å². The number of halogens is 2. The quantitative estimate of drug-likeness (QED) is 0.587. The van der Waals surface area contributed by atoms with Crippen LogP contribution in [0.25, 0.3) is 0 Å². The number of carbonyl (C=O) groups excluding carboxylic acids is 1. The SMILES string of the molecule is CC(C)(C)OC(=O)N1C2COCC1CN(c1cc(Cl)nc(OC[C@@]34CCCN3C[C@H](F)C4)n1)C2. The van der Waals surface area contributed by atoms with Gasteiger partial charge in [-0.05, 0) is 40.2 Å². The molecule has 4 saturated heterocycles. The minimum Gasteiger partial charge on any atom is -0.461 e. The molecule has 2 unspecified atom stereocenters. The summed E-state index contributed by atoms with van der Waals surface area (Å²) >= 11 is 6.33. The number of aromatic nitrogens is 2. The zero-order valence-corrected chi connectivity index (χ0v) is 20.8. The highest BCUT2D eigenvalue weighted by molar-refractivity contribution is 6.29. The number of morpholine rings is 1. The number of anilines is 1. The second-order valence-corrected chi connectivity index (χ2v) is 11.2. The van der Waals surface area contributed by atoms with Crippen LogP contribution >= 0.6 is 11.6 Å². The molecule has 0 N–H and O–H groups in total. The number of carbonyl (C=O) groups is 1. The van der Waals surface area contributed by atoms with Gasteiger partial charge in [0.15, 0.2) is 0 Å². The summed E-state index contributed by atoms with van der Waals surface area (Å²) in [5, 5.41) is 0.284. The lowest BCUT2D eigenvalue weighted by molar-refractivity contribution is -0.0666. The molecule has 0 aromatic carbocycles. The van der Waals surface area contributed by atoms with Crippen LogP contribution in [0.4, 0.5) is 15.0 Å². The number of alkyl halides is 1. The molecule has 34 heavy (non-hydrogen) atoms. The number of rotatable bonds is 4. The Bertz CT molecular complexity index is 919. The van der Waals surface area contributed by atoms with Crippen molar-refractivity contribution in [1.29, 1.82) is 0 Å². The fourth-order valence-electron chi connectivity index (χ4n) is 5.72. The van der Waals surface area contributed by atoms with Crippen molar-refractivity contribution < 1.29 is 23.4 Å². The first-order chi connectivity index (χ1) is 16.1. The summed E-state index contributed by atoms with van der Waals surface area (Å²) in [4.78, 5) is 27.8. The number of piperazine rings is 1. The molecule has 5 heterocycles. The van der Waals surface area contributed by atoms with Gasteiger partial charge in [-0.1, -0.05) is 11.6 Å². The number of hydrogen-bond donors (Lipinski definition) is 0. The summed E-state index contributed by atoms with van der Waals surface area (Å²) in [7, 11) is 0. The van der Waals surface area contributed by atoms with E-state index in [2.05, 4.69) is 19.8 Å². The van der Waals surface area contributed by atoms with Gasteiger partial charge in [-0.3, -0.25) is 9.80 Å². The van der Waals surface area contributed by atoms with Crippen LogP contribution in [-0.4, -0.2) is 101 Å². The van der Waals surface area contributed by atoms with E-state index >= 15 is 0 Å². The molecule has 4 aliphatic rings. The average molecular weight is 498 g/mol. The molecule has 5 rings (SSSR count). The third-order valence-corrected chi connectivity index (χ3v) is 7.28. The van der Waals surface area contributed by atoms with Gasteiger partial charge in [-0.2, -0.15) is 9.97 Å². The van der Waals surface area contributed by atoms with Crippen molar-refractivity contribution in [3.05, 3.63) is 11.2 Å². The molecule has 0 radical (unpaired) electrons. The number of nitrogens with zero attached hydrogens (tertiary/aromatic N) is 5. The monoisotopic (exact) mass is 497 g/mol. The molecular formula is C23H33ClFN5O4. The molecule has 188 valence electrons. The minimum absolute atomic E-state index is 0.161. The van der Waals surface area contributed by atoms with Crippen LogP contribution in [0.15, 0.2) is 6.07 Å². The molecule has 4 atom stereocenters. The second kappa shape index (κ2) is 8.95. The largest absolute Gasteiger partial charge is 0.461 e. The van der Waals surface area contributed by atoms with Crippen molar-refractivity contribution in [2.75, 3.05) is 50.9 Å². The molecule has 0 aliphatic carbocycles. The zero-order valence-electron chi connectivity index (χ0n) is 20.0. The predicted octanol–water partition coefficient (Wildman–Crippen LogP) is 2.91. The zero-order chi connectivity index (χ0) is 24.1. The molecule has 11 heteroatoms. The molecule has 1 aromatic rings. The number of amides is 1. The summed E-state index contributed by atoms with van der Waals surface area (Å²) in [5.74, 6) is 0.645. The average Bonchev–Trinajstić information content (AvgIpc) is 3.25. The smallest absolute Gasteiger partial charge is 0.411 e. The van der Waals surface area contributed by atoms with E-state index < -0.39 is 11.8 Å². The Kier molecular flexibility index (Phi) is 6.27. The topological polar surface area (TPSA) is 80.3 Å². The minimum atomic E-state index is -0.817. The van der Waals surface area contributed by atoms with Gasteiger partial charge in [0.1, 0.15) is 29.4 Å². The molecule has 0 spiro atoms. The molecule has 2 bridgehead atoms. The Balaban J connectivity index is 1.29. The van der Waals surface area contributed by atoms with Crippen LogP contribution in [0, 0.1) is 0 Å². The molecule has 1 amide bonds. The second-order valence-electron chi connectivity index (χ2n) is 10.8. The number of fused-ring (bicyclic) bond motifs is 3. The molecule has 1 aromatic heterocycles. The van der Waals surface area contributed by atoms with E-state index in [-0.39, 0.29) is 34.9 Å². The van der Waals surface area contributed by atoms with Crippen LogP contribution in [-0.2, 0) is 9.47 Å². The van der Waals surface area contributed by atoms with Crippen molar-refractivity contribution in [3.63, 3.8) is 0 Å². The Hall–Kier alpha value is -1.91. The van der Waals surface area contributed by atoms with E-state index in [1.807, 2.05) is 20.8 Å². The molecule has 4 aliphatic heterocycles. The van der Waals surface area contributed by atoms with E-state index in [4.69, 9.17) is 25.8 Å². The van der Waals surface area contributed by atoms with Gasteiger partial charge < -0.3 is 19.1 Å². The van der Waals surface area contributed by atoms with Crippen LogP contribution in [0.1, 0.15) is 40.0 Å². The number of ether oxygens (including phenoxy) is 3. The van der Waals surface area contributed by atoms with Crippen LogP contribution in [0.3, 0.4) is 0 Å². The number of hydrogen-bond acceptors (Lipinski definition) is 8. The fourth-order valence-corrected chi connectivity index (χ4v) is 5.89. The van der Waals surface area contributed by atoms with Crippen molar-refractivity contribution in [3.8, 4) is 6.01 Å². The Morgan fingerprint density at radius 3 is 2.71 bits per heavy atom. The maximum absolute atomic E-state index is 14.1. The highest BCUT2D eigenvalue weighted by atomic mass is 35.5. The summed E-state index contributed by atoms with van der Waals surface area (Å²) in [6, 6.07) is 1.58. The Morgan fingerprint density at radius 1 is 1.26 bits per heavy atom. The summed E-state index contributed by atoms with van der Waals surface area (Å²) in [5.41, 5.74) is -0.843. The molecule has 4 fully saturated rings. The van der Waals surface area contributed by atoms with Crippen LogP contribution < -0.4 is 9.64 Å². The van der Waals surface area contributed by atoms with Gasteiger partial charge in [0.2, 0.25) is 0 Å². The van der Waals surface area contributed by atoms with Gasteiger partial charge in [0, 0.05) is 32.1 Å². The summed E-state index contributed by atoms with van der Waals surface area (Å²) in [6.07, 6.45) is 1.30. The van der Waals surface area contributed by atoms with Gasteiger partial charge in [0.05, 0.1) is 30.8 Å². The molecular weight excluding hydrogens is 465 g/mol. The van der Waals surface area contributed by atoms with Crippen molar-refractivity contribution in [1.82, 2.24) is 19.8 Å². The standard InChI is InChI=1S/C23H33ClFN5O4/c1-22(2,3)34-21(31)30-16-10-28(11-17(30)13-32-12-16)19-7-18(24)26-20(27-19)33-14-23-5-4-6-29(23)9-15(25)8-23/h7,15-17H,4-6,8-14H2,1-3H3/t15-,16?,17?,23+/m1/s1. The van der Waals surface area contributed by atoms with Gasteiger partial charge in [0.25, 0.3) is 0 Å². The lowest BCUT2D eigenvalue weighted by atomic mass is 9.95. The first kappa shape index (κ1) is 23.8. The first-order valence-electron chi connectivity index (χ1n) is 12.0. The highest BCUT2D eigenvalue weighted by Crippen LogP contribution is 2.40. The third-order valence-electron chi connectivity index (χ3n) is 7.09. The maximum atomic E-state index is 14.1. The molecule has 0 saturated carbocycles. The van der Waals surface area contributed by atoms with Crippen LogP contribution in [0.5, 0.6) is 6.01 Å². The lowest BCUT2D eigenvalue weighted by Gasteiger charge is -2.49. The Morgan fingerprint density at radius 2 is 2.00 bits per heavy atom. The first-order valence-corrected chi connectivity index (χ1v) is 12.4. The predicted molar refractivity (Wildman–Crippen MR) is 124 cm³/mol. The van der Waals surface area contributed by atoms with E-state index in [0.29, 0.717) is 51.7 Å². The van der Waals surface area contributed by atoms with Crippen molar-refractivity contribution in [2.24, 2.45) is 0 Å². The van der Waals surface area contributed by atoms with Gasteiger partial charge in [-0.15, -0.1) is 0 Å². The van der Waals surface area contributed by atoms with Crippen LogP contribution in [0.2, 0.25) is 5.15 Å². The lowest BCUT2D eigenvalue weighted by Crippen LogP contribution is -2.66. The summed E-state index contributed by atoms with van der Waals surface area (Å²) < 4.78 is 31.4. The van der Waals surface area contributed by atoms with E-state index in [0.717, 1.165) is 19.4 Å². The van der Waals surface area contributed by atoms with E-state index in [1.54, 1.807) is 11.0 Å². The molecule has 9 nitrogen and oxygen atoms in total. The highest BCUT2D eigenvalue weighted by Gasteiger charge is 2.49. The van der Waals surface area contributed by atoms with E-state index in [9.17, 15) is 9.18 Å². The van der Waals surface area contributed by atoms with Crippen molar-refractivity contribution in [2.45, 2.75) is 69.4 Å². The maximum Gasteiger partial charge on any atom is 0.411 e. The fraction of sp³-hybridized carbons (Fsp3) is 0.783. The third kappa shape index (κ3) is 4.77. The van der Waals surface area contributed by atoms with Gasteiger partial charge >= 0.3 is 12.1 Å². The summed E-state index contributed by atoms with van der Waals surface area (Å²) in [6.45, 7) is 9.22. The van der Waals surface area contributed by atoms with Gasteiger partial charge in [-0.25, -0.2) is 9.18 Å². The Labute approximate surface area is 204 Å². The van der Waals surface area contributed by atoms with E-state index in [1.165, 1.54) is 0 Å².